The summed E-state index contributed by atoms with van der Waals surface area (Å²) in [5, 5.41) is 0. The van der Waals surface area contributed by atoms with Crippen molar-refractivity contribution in [2.75, 3.05) is 6.54 Å². The van der Waals surface area contributed by atoms with Crippen LogP contribution in [0, 0.1) is 5.82 Å². The summed E-state index contributed by atoms with van der Waals surface area (Å²) in [4.78, 5) is 0. The Bertz CT molecular complexity index is 348. The topological polar surface area (TPSA) is 35.2 Å². The van der Waals surface area contributed by atoms with Crippen molar-refractivity contribution in [3.63, 3.8) is 0 Å². The molecule has 0 saturated heterocycles. The number of benzene rings is 1. The molecule has 16 heavy (non-hydrogen) atoms. The monoisotopic (exact) mass is 223 g/mol. The van der Waals surface area contributed by atoms with Crippen LogP contribution in [-0.4, -0.2) is 12.6 Å². The first-order chi connectivity index (χ1) is 7.79. The molecule has 0 aromatic heterocycles. The Morgan fingerprint density at radius 1 is 1.31 bits per heavy atom. The zero-order valence-corrected chi connectivity index (χ0v) is 9.42. The molecule has 0 spiro atoms. The molecule has 1 aliphatic carbocycles. The Morgan fingerprint density at radius 2 is 2.06 bits per heavy atom. The average Bonchev–Trinajstić information content (AvgIpc) is 2.75. The first kappa shape index (κ1) is 11.4. The minimum absolute atomic E-state index is 0.204. The maximum absolute atomic E-state index is 13.7. The number of ether oxygens (including phenoxy) is 1. The van der Waals surface area contributed by atoms with Gasteiger partial charge in [-0.25, -0.2) is 4.39 Å². The van der Waals surface area contributed by atoms with Crippen LogP contribution < -0.4 is 10.5 Å². The van der Waals surface area contributed by atoms with Gasteiger partial charge in [0.05, 0.1) is 6.10 Å². The third-order valence-corrected chi connectivity index (χ3v) is 3.03. The van der Waals surface area contributed by atoms with Crippen molar-refractivity contribution in [3.8, 4) is 5.75 Å². The molecule has 0 atom stereocenters. The third kappa shape index (κ3) is 2.73. The van der Waals surface area contributed by atoms with Crippen LogP contribution in [-0.2, 0) is 6.42 Å². The molecule has 88 valence electrons. The fourth-order valence-corrected chi connectivity index (χ4v) is 2.15. The third-order valence-electron chi connectivity index (χ3n) is 3.03. The van der Waals surface area contributed by atoms with Gasteiger partial charge in [-0.3, -0.25) is 0 Å². The van der Waals surface area contributed by atoms with Crippen molar-refractivity contribution in [3.05, 3.63) is 29.6 Å². The van der Waals surface area contributed by atoms with Crippen LogP contribution in [0.4, 0.5) is 4.39 Å². The minimum atomic E-state index is -0.266. The van der Waals surface area contributed by atoms with E-state index in [4.69, 9.17) is 10.5 Å². The second kappa shape index (κ2) is 5.30. The normalized spacial score (nSPS) is 16.6. The summed E-state index contributed by atoms with van der Waals surface area (Å²) in [6, 6.07) is 5.13. The molecule has 3 heteroatoms. The zero-order chi connectivity index (χ0) is 11.4. The zero-order valence-electron chi connectivity index (χ0n) is 9.42. The molecule has 1 aromatic carbocycles. The number of hydrogen-bond acceptors (Lipinski definition) is 2. The molecule has 0 heterocycles. The highest BCUT2D eigenvalue weighted by Crippen LogP contribution is 2.26. The van der Waals surface area contributed by atoms with Gasteiger partial charge in [0.2, 0.25) is 0 Å². The van der Waals surface area contributed by atoms with Gasteiger partial charge in [-0.1, -0.05) is 6.07 Å². The molecule has 0 unspecified atom stereocenters. The molecule has 2 rings (SSSR count). The Hall–Kier alpha value is -1.09. The van der Waals surface area contributed by atoms with E-state index in [-0.39, 0.29) is 11.9 Å². The van der Waals surface area contributed by atoms with E-state index in [1.54, 1.807) is 6.07 Å². The number of halogens is 1. The van der Waals surface area contributed by atoms with E-state index in [1.807, 2.05) is 6.07 Å². The maximum atomic E-state index is 13.7. The van der Waals surface area contributed by atoms with E-state index in [9.17, 15) is 4.39 Å². The first-order valence-electron chi connectivity index (χ1n) is 5.95. The van der Waals surface area contributed by atoms with Gasteiger partial charge < -0.3 is 10.5 Å². The fraction of sp³-hybridized carbons (Fsp3) is 0.538. The van der Waals surface area contributed by atoms with Gasteiger partial charge in [-0.2, -0.15) is 0 Å². The summed E-state index contributed by atoms with van der Waals surface area (Å²) >= 11 is 0. The van der Waals surface area contributed by atoms with E-state index < -0.39 is 0 Å². The Kier molecular flexibility index (Phi) is 3.78. The van der Waals surface area contributed by atoms with E-state index >= 15 is 0 Å². The van der Waals surface area contributed by atoms with Gasteiger partial charge in [0.15, 0.2) is 11.6 Å². The van der Waals surface area contributed by atoms with E-state index in [0.29, 0.717) is 18.7 Å². The Labute approximate surface area is 95.6 Å². The molecule has 0 radical (unpaired) electrons. The lowest BCUT2D eigenvalue weighted by molar-refractivity contribution is 0.200. The smallest absolute Gasteiger partial charge is 0.165 e. The quantitative estimate of drug-likeness (QED) is 0.851. The van der Waals surface area contributed by atoms with Crippen molar-refractivity contribution in [1.82, 2.24) is 0 Å². The van der Waals surface area contributed by atoms with E-state index in [2.05, 4.69) is 0 Å². The van der Waals surface area contributed by atoms with Crippen LogP contribution in [0.1, 0.15) is 31.2 Å². The van der Waals surface area contributed by atoms with Crippen LogP contribution in [0.5, 0.6) is 5.75 Å². The lowest BCUT2D eigenvalue weighted by Crippen LogP contribution is -2.12. The van der Waals surface area contributed by atoms with Crippen molar-refractivity contribution in [2.24, 2.45) is 5.73 Å². The Balaban J connectivity index is 2.03. The van der Waals surface area contributed by atoms with Gasteiger partial charge in [0.1, 0.15) is 0 Å². The van der Waals surface area contributed by atoms with Gasteiger partial charge in [0.25, 0.3) is 0 Å². The van der Waals surface area contributed by atoms with Gasteiger partial charge in [-0.05, 0) is 56.3 Å². The van der Waals surface area contributed by atoms with Gasteiger partial charge in [0, 0.05) is 0 Å². The molecule has 0 aliphatic heterocycles. The molecule has 1 fully saturated rings. The molecule has 1 aliphatic rings. The van der Waals surface area contributed by atoms with Gasteiger partial charge >= 0.3 is 0 Å². The van der Waals surface area contributed by atoms with Gasteiger partial charge in [-0.15, -0.1) is 0 Å². The largest absolute Gasteiger partial charge is 0.487 e. The second-order valence-corrected chi connectivity index (χ2v) is 4.33. The molecule has 0 amide bonds. The van der Waals surface area contributed by atoms with Crippen LogP contribution in [0.15, 0.2) is 18.2 Å². The highest BCUT2D eigenvalue weighted by Gasteiger charge is 2.18. The van der Waals surface area contributed by atoms with Crippen molar-refractivity contribution >= 4 is 0 Å². The van der Waals surface area contributed by atoms with Crippen molar-refractivity contribution in [2.45, 2.75) is 38.2 Å². The van der Waals surface area contributed by atoms with Crippen LogP contribution >= 0.6 is 0 Å². The summed E-state index contributed by atoms with van der Waals surface area (Å²) in [5.74, 6) is 0.116. The second-order valence-electron chi connectivity index (χ2n) is 4.33. The Morgan fingerprint density at radius 3 is 2.69 bits per heavy atom. The standard InChI is InChI=1S/C13H18FNO/c14-12-9-10(7-8-15)5-6-13(12)16-11-3-1-2-4-11/h5-6,9,11H,1-4,7-8,15H2. The number of nitrogens with two attached hydrogens (primary N) is 1. The predicted molar refractivity (Wildman–Crippen MR) is 62.0 cm³/mol. The van der Waals surface area contributed by atoms with Crippen LogP contribution in [0.3, 0.4) is 0 Å². The summed E-state index contributed by atoms with van der Waals surface area (Å²) in [6.07, 6.45) is 5.39. The maximum Gasteiger partial charge on any atom is 0.165 e. The predicted octanol–water partition coefficient (Wildman–Crippen LogP) is 2.65. The fourth-order valence-electron chi connectivity index (χ4n) is 2.15. The molecule has 0 bridgehead atoms. The van der Waals surface area contributed by atoms with Crippen molar-refractivity contribution < 1.29 is 9.13 Å². The summed E-state index contributed by atoms with van der Waals surface area (Å²) in [7, 11) is 0. The lowest BCUT2D eigenvalue weighted by atomic mass is 10.1. The highest BCUT2D eigenvalue weighted by atomic mass is 19.1. The minimum Gasteiger partial charge on any atom is -0.487 e. The number of hydrogen-bond donors (Lipinski definition) is 1. The van der Waals surface area contributed by atoms with Crippen LogP contribution in [0.2, 0.25) is 0 Å². The molecule has 2 N–H and O–H groups in total. The highest BCUT2D eigenvalue weighted by molar-refractivity contribution is 5.29. The van der Waals surface area contributed by atoms with E-state index in [0.717, 1.165) is 18.4 Å². The summed E-state index contributed by atoms with van der Waals surface area (Å²) < 4.78 is 19.3. The lowest BCUT2D eigenvalue weighted by Gasteiger charge is -2.14. The molecular weight excluding hydrogens is 205 g/mol. The molecule has 1 aromatic rings. The van der Waals surface area contributed by atoms with Crippen molar-refractivity contribution in [1.29, 1.82) is 0 Å². The summed E-state index contributed by atoms with van der Waals surface area (Å²) in [5.41, 5.74) is 6.36. The average molecular weight is 223 g/mol. The van der Waals surface area contributed by atoms with E-state index in [1.165, 1.54) is 18.9 Å². The number of rotatable bonds is 4. The first-order valence-corrected chi connectivity index (χ1v) is 5.95. The van der Waals surface area contributed by atoms with Crippen LogP contribution in [0.25, 0.3) is 0 Å². The molecule has 1 saturated carbocycles. The summed E-state index contributed by atoms with van der Waals surface area (Å²) in [6.45, 7) is 0.544. The molecule has 2 nitrogen and oxygen atoms in total. The molecular formula is C13H18FNO. The SMILES string of the molecule is NCCc1ccc(OC2CCCC2)c(F)c1.